The van der Waals surface area contributed by atoms with Crippen molar-refractivity contribution in [2.24, 2.45) is 21.9 Å². The third-order valence-electron chi connectivity index (χ3n) is 10.7. The van der Waals surface area contributed by atoms with Gasteiger partial charge in [0.15, 0.2) is 11.3 Å². The minimum atomic E-state index is -5.23. The van der Waals surface area contributed by atoms with Gasteiger partial charge in [-0.1, -0.05) is 184 Å². The fourth-order valence-electron chi connectivity index (χ4n) is 6.61. The van der Waals surface area contributed by atoms with Crippen LogP contribution in [0.15, 0.2) is 248 Å². The average Bonchev–Trinajstić information content (AvgIpc) is 1.66. The molecule has 0 saturated heterocycles. The molecule has 6 aromatic heterocycles. The average molecular weight is 1750 g/mol. The summed E-state index contributed by atoms with van der Waals surface area (Å²) in [6.45, 7) is 38.2. The smallest absolute Gasteiger partial charge is 0.488 e. The van der Waals surface area contributed by atoms with Gasteiger partial charge in [-0.3, -0.25) is 19.8 Å². The van der Waals surface area contributed by atoms with Crippen LogP contribution >= 0.6 is 11.6 Å². The van der Waals surface area contributed by atoms with E-state index in [9.17, 15) is 34.8 Å². The number of aromatic nitrogens is 10. The summed E-state index contributed by atoms with van der Waals surface area (Å²) in [5.74, 6) is 10.1. The SMILES string of the molecule is C=CC#N.CC.CC.CC.CC.CC.NNc1ccccc1.N[N-]O.Nc1ccnn1-c1ccccc1.O=C(Cl)c1cnn2cccnc12.O=C(Nc1ccnn1-c1ccccc1)c1cnn2cccnc12.O=[S-](=O)OOS(=O)(=O)OOS(=O)(=O)OO.[C-]#[N+]CCN=Nc1ccccc1.[C-]#[N+]CCNNc1ccccc1.[Fe].[Fe].[Na+]. The molecule has 0 spiro atoms. The van der Waals surface area contributed by atoms with Crippen LogP contribution < -0.4 is 68.6 Å². The number of rotatable bonds is 20. The van der Waals surface area contributed by atoms with Gasteiger partial charge >= 0.3 is 50.4 Å². The van der Waals surface area contributed by atoms with Crippen molar-refractivity contribution < 1.29 is 131 Å². The van der Waals surface area contributed by atoms with E-state index in [0.717, 1.165) is 28.4 Å². The van der Waals surface area contributed by atoms with E-state index in [2.05, 4.69) is 106 Å². The maximum Gasteiger partial charge on any atom is 1.00 e. The molecule has 0 aliphatic rings. The number of nitrogen functional groups attached to an aromatic ring is 2. The molecule has 6 heterocycles. The number of hydrazine groups is 2. The van der Waals surface area contributed by atoms with Crippen molar-refractivity contribution in [2.75, 3.05) is 48.1 Å². The van der Waals surface area contributed by atoms with Crippen molar-refractivity contribution in [3.05, 3.63) is 278 Å². The van der Waals surface area contributed by atoms with Crippen molar-refractivity contribution in [3.63, 3.8) is 0 Å². The van der Waals surface area contributed by atoms with E-state index >= 15 is 0 Å². The van der Waals surface area contributed by atoms with Gasteiger partial charge < -0.3 is 56.6 Å². The molecule has 0 aliphatic heterocycles. The summed E-state index contributed by atoms with van der Waals surface area (Å²) < 4.78 is 81.1. The fraction of sp³-hybridized carbons (Fsp3) is 0.203. The topological polar surface area (TPSA) is 517 Å². The number of hydrogen-bond acceptors (Lipinski definition) is 31. The molecule has 5 aromatic carbocycles. The third-order valence-corrected chi connectivity index (χ3v) is 12.1. The molecule has 114 heavy (non-hydrogen) atoms. The Kier molecular flexibility index (Phi) is 76.0. The van der Waals surface area contributed by atoms with Crippen LogP contribution in [-0.2, 0) is 96.0 Å². The summed E-state index contributed by atoms with van der Waals surface area (Å²) in [5.41, 5.74) is 22.5. The molecular weight excluding hydrogens is 1660 g/mol. The standard InChI is InChI=1S/C16H12N6O.C9H9N3.C9H11N3.C9H9N3.C7H4ClN3O.C6H8N2.C3H3N.5C2H6.2Fe.H3N2O.Na.HO12S3/c23-16(13-11-19-21-10-4-8-17-15(13)21)20-14-7-9-18-22(14)12-5-2-1-3-6-12;10-9-6-7-11-12(9)8-4-2-1-3-5-8;2*1-10-7-8-11-12-9-5-3-2-4-6-9;8-6(12)5-4-10-11-3-1-2-9-7(5)11;7-8-6-4-2-1-3-5-6;1-2-3-4;5*1-2;;;1-2-3;;1-8-14(4,5)11-12-15(6,7)10-9-13(2)3/h1-11H,(H,20,23);1-7H,10H2;2-6,11-12H,7-8H2;2-6H,7-8H2;1-4H;1-5,8H,7H2;2H,1H2;5*1-2H3;;;3H,1H2;;1H/q;;;;;;;;;;;;;;-1;+1;-1. The zero-order chi connectivity index (χ0) is 83.9. The molecule has 1 amide bonds. The Balaban J connectivity index is -0.000000292. The quantitative estimate of drug-likeness (QED) is 0.00327. The number of azo groups is 1. The number of nitriles is 1. The van der Waals surface area contributed by atoms with E-state index in [1.165, 1.54) is 23.0 Å². The minimum absolute atomic E-state index is 0. The molecule has 0 atom stereocenters. The Morgan fingerprint density at radius 3 is 1.49 bits per heavy atom. The van der Waals surface area contributed by atoms with Gasteiger partial charge in [-0.25, -0.2) is 52.2 Å². The Morgan fingerprint density at radius 1 is 0.649 bits per heavy atom. The van der Waals surface area contributed by atoms with Gasteiger partial charge in [0.25, 0.3) is 11.1 Å². The Labute approximate surface area is 713 Å². The molecule has 0 radical (unpaired) electrons. The fourth-order valence-corrected chi connectivity index (χ4v) is 7.79. The van der Waals surface area contributed by atoms with Crippen LogP contribution in [0.25, 0.3) is 37.9 Å². The predicted octanol–water partition coefficient (Wildman–Crippen LogP) is 10.4. The molecule has 38 nitrogen and oxygen atoms in total. The summed E-state index contributed by atoms with van der Waals surface area (Å²) in [6.07, 6.45) is 14.1. The Hall–Kier alpha value is -10.2. The monoisotopic (exact) mass is 1750 g/mol. The summed E-state index contributed by atoms with van der Waals surface area (Å²) in [7, 11) is -13.7. The molecule has 0 bridgehead atoms. The van der Waals surface area contributed by atoms with E-state index in [1.54, 1.807) is 81.4 Å². The number of para-hydroxylation sites is 4. The molecule has 0 aliphatic carbocycles. The number of halogens is 1. The van der Waals surface area contributed by atoms with E-state index in [1.807, 2.05) is 226 Å². The van der Waals surface area contributed by atoms with Gasteiger partial charge in [-0.2, -0.15) is 52.7 Å². The molecular formula is C69H90ClFe2N23NaO15S3-. The van der Waals surface area contributed by atoms with Crippen LogP contribution in [0.2, 0.25) is 0 Å². The second-order valence-electron chi connectivity index (χ2n) is 17.4. The zero-order valence-corrected chi connectivity index (χ0v) is 71.3. The number of anilines is 4. The summed E-state index contributed by atoms with van der Waals surface area (Å²) in [6, 6.07) is 57.0. The van der Waals surface area contributed by atoms with E-state index in [-0.39, 0.29) is 69.6 Å². The minimum Gasteiger partial charge on any atom is -0.488 e. The molecule has 11 aromatic rings. The number of fused-ring (bicyclic) bond motifs is 2. The normalized spacial score (nSPS) is 9.20. The van der Waals surface area contributed by atoms with E-state index in [4.69, 9.17) is 52.0 Å². The maximum atomic E-state index is 12.5. The number of nitrogens with one attached hydrogen (secondary N) is 4. The maximum absolute atomic E-state index is 12.5. The summed E-state index contributed by atoms with van der Waals surface area (Å²) in [4.78, 5) is 37.8. The number of allylic oxidation sites excluding steroid dienone is 1. The van der Waals surface area contributed by atoms with Crippen LogP contribution in [0.3, 0.4) is 0 Å². The molecule has 0 unspecified atom stereocenters. The van der Waals surface area contributed by atoms with Crippen LogP contribution in [0.4, 0.5) is 28.7 Å². The van der Waals surface area contributed by atoms with Crippen LogP contribution in [0.5, 0.6) is 0 Å². The first-order valence-corrected chi connectivity index (χ1v) is 36.7. The molecule has 11 rings (SSSR count). The number of hydrogen-bond donors (Lipinski definition) is 9. The first-order chi connectivity index (χ1) is 53.8. The largest absolute Gasteiger partial charge is 1.00 e. The number of benzene rings is 5. The molecule has 0 saturated carbocycles. The summed E-state index contributed by atoms with van der Waals surface area (Å²) >= 11 is 5.29. The first kappa shape index (κ1) is 115. The summed E-state index contributed by atoms with van der Waals surface area (Å²) in [5, 5.41) is 48.4. The number of carbonyl (C=O) groups excluding carboxylic acids is 2. The first-order valence-electron chi connectivity index (χ1n) is 32.7. The van der Waals surface area contributed by atoms with Crippen molar-refractivity contribution in [3.8, 4) is 17.4 Å². The van der Waals surface area contributed by atoms with Crippen molar-refractivity contribution in [1.29, 1.82) is 5.26 Å². The van der Waals surface area contributed by atoms with Gasteiger partial charge in [0.1, 0.15) is 23.7 Å². The molecule has 12 N–H and O–H groups in total. The number of amides is 1. The number of nitrogens with zero attached hydrogens (tertiary/aromatic N) is 16. The van der Waals surface area contributed by atoms with Crippen molar-refractivity contribution in [1.82, 2.24) is 54.2 Å². The van der Waals surface area contributed by atoms with E-state index in [0.29, 0.717) is 60.2 Å². The second-order valence-corrected chi connectivity index (χ2v) is 20.5. The predicted molar refractivity (Wildman–Crippen MR) is 423 cm³/mol. The zero-order valence-electron chi connectivity index (χ0n) is 63.9. The van der Waals surface area contributed by atoms with Gasteiger partial charge in [0, 0.05) is 88.5 Å². The Bertz CT molecular complexity index is 4700. The van der Waals surface area contributed by atoms with Crippen LogP contribution in [0.1, 0.15) is 90.0 Å². The van der Waals surface area contributed by atoms with Crippen LogP contribution in [0, 0.1) is 24.5 Å². The molecule has 614 valence electrons. The van der Waals surface area contributed by atoms with Gasteiger partial charge in [0.05, 0.1) is 71.0 Å². The van der Waals surface area contributed by atoms with Gasteiger partial charge in [0.2, 0.25) is 13.1 Å². The number of carbonyl (C=O) groups is 2. The van der Waals surface area contributed by atoms with Gasteiger partial charge in [-0.05, 0) is 84.4 Å². The van der Waals surface area contributed by atoms with Crippen molar-refractivity contribution in [2.45, 2.75) is 69.2 Å². The number of nitrogens with two attached hydrogens (primary N) is 3. The van der Waals surface area contributed by atoms with Crippen LogP contribution in [-0.4, -0.2) is 113 Å². The second kappa shape index (κ2) is 75.5. The Morgan fingerprint density at radius 2 is 1.07 bits per heavy atom. The van der Waals surface area contributed by atoms with E-state index < -0.39 is 37.0 Å². The molecule has 0 fully saturated rings. The molecule has 45 heteroatoms. The van der Waals surface area contributed by atoms with Crippen molar-refractivity contribution >= 4 is 94.5 Å². The van der Waals surface area contributed by atoms with Gasteiger partial charge in [-0.15, -0.1) is 0 Å². The third kappa shape index (κ3) is 52.2.